The first-order chi connectivity index (χ1) is 9.61. The normalized spacial score (nSPS) is 22.4. The third kappa shape index (κ3) is 3.57. The summed E-state index contributed by atoms with van der Waals surface area (Å²) in [6.45, 7) is 0.609. The van der Waals surface area contributed by atoms with Gasteiger partial charge in [0.25, 0.3) is 5.91 Å². The molecule has 0 bridgehead atoms. The van der Waals surface area contributed by atoms with Crippen LogP contribution in [-0.4, -0.2) is 28.5 Å². The lowest BCUT2D eigenvalue weighted by Gasteiger charge is -2.30. The molecule has 1 aliphatic carbocycles. The number of alkyl halides is 1. The predicted molar refractivity (Wildman–Crippen MR) is 78.3 cm³/mol. The van der Waals surface area contributed by atoms with Gasteiger partial charge in [-0.05, 0) is 42.9 Å². The topological polar surface area (TPSA) is 69.6 Å². The number of phenolic OH excluding ortho intramolecular Hbond substituents is 2. The summed E-state index contributed by atoms with van der Waals surface area (Å²) in [4.78, 5) is 12.0. The third-order valence-electron chi connectivity index (χ3n) is 4.03. The summed E-state index contributed by atoms with van der Waals surface area (Å²) in [5.41, 5.74) is 0.346. The number of rotatable bonds is 4. The van der Waals surface area contributed by atoms with Crippen molar-refractivity contribution in [3.05, 3.63) is 23.8 Å². The number of aromatic hydroxyl groups is 2. The molecule has 1 fully saturated rings. The third-order valence-corrected chi connectivity index (χ3v) is 4.42. The molecular weight excluding hydrogens is 278 g/mol. The van der Waals surface area contributed by atoms with Gasteiger partial charge in [-0.25, -0.2) is 0 Å². The van der Waals surface area contributed by atoms with Gasteiger partial charge in [-0.1, -0.05) is 12.8 Å². The molecule has 20 heavy (non-hydrogen) atoms. The Bertz CT molecular complexity index is 478. The van der Waals surface area contributed by atoms with Crippen molar-refractivity contribution in [1.82, 2.24) is 5.32 Å². The number of nitrogens with one attached hydrogen (secondary N) is 1. The average Bonchev–Trinajstić information content (AvgIpc) is 2.47. The highest BCUT2D eigenvalue weighted by Gasteiger charge is 2.24. The van der Waals surface area contributed by atoms with E-state index in [4.69, 9.17) is 11.6 Å². The fourth-order valence-electron chi connectivity index (χ4n) is 2.75. The first kappa shape index (κ1) is 15.0. The Labute approximate surface area is 123 Å². The summed E-state index contributed by atoms with van der Waals surface area (Å²) in [5, 5.41) is 21.5. The van der Waals surface area contributed by atoms with Crippen LogP contribution in [0.2, 0.25) is 0 Å². The molecule has 2 atom stereocenters. The first-order valence-corrected chi connectivity index (χ1v) is 7.51. The maximum absolute atomic E-state index is 12.0. The van der Waals surface area contributed by atoms with Gasteiger partial charge in [0.2, 0.25) is 0 Å². The van der Waals surface area contributed by atoms with Crippen molar-refractivity contribution >= 4 is 17.5 Å². The molecule has 0 saturated heterocycles. The molecule has 0 heterocycles. The molecule has 5 heteroatoms. The molecule has 0 radical (unpaired) electrons. The minimum Gasteiger partial charge on any atom is -0.504 e. The van der Waals surface area contributed by atoms with Crippen LogP contribution in [0.25, 0.3) is 0 Å². The summed E-state index contributed by atoms with van der Waals surface area (Å²) in [7, 11) is 0. The van der Waals surface area contributed by atoms with Crippen LogP contribution in [0.4, 0.5) is 0 Å². The average molecular weight is 298 g/mol. The molecule has 0 aliphatic heterocycles. The van der Waals surface area contributed by atoms with Gasteiger partial charge < -0.3 is 15.5 Å². The highest BCUT2D eigenvalue weighted by molar-refractivity contribution is 6.18. The number of hydrogen-bond donors (Lipinski definition) is 3. The summed E-state index contributed by atoms with van der Waals surface area (Å²) in [6, 6.07) is 4.07. The van der Waals surface area contributed by atoms with Crippen LogP contribution in [-0.2, 0) is 0 Å². The summed E-state index contributed by atoms with van der Waals surface area (Å²) in [5.74, 6) is 0.791. The van der Waals surface area contributed by atoms with Gasteiger partial charge in [-0.3, -0.25) is 4.79 Å². The van der Waals surface area contributed by atoms with Gasteiger partial charge in [0.1, 0.15) is 0 Å². The highest BCUT2D eigenvalue weighted by Crippen LogP contribution is 2.30. The summed E-state index contributed by atoms with van der Waals surface area (Å²) < 4.78 is 0. The zero-order valence-corrected chi connectivity index (χ0v) is 12.1. The number of carbonyl (C=O) groups is 1. The summed E-state index contributed by atoms with van der Waals surface area (Å²) in [6.07, 6.45) is 4.63. The number of amides is 1. The maximum atomic E-state index is 12.0. The predicted octanol–water partition coefficient (Wildman–Crippen LogP) is 2.87. The van der Waals surface area contributed by atoms with E-state index in [0.29, 0.717) is 29.8 Å². The van der Waals surface area contributed by atoms with Gasteiger partial charge in [0.05, 0.1) is 0 Å². The molecule has 1 amide bonds. The molecule has 1 saturated carbocycles. The van der Waals surface area contributed by atoms with E-state index in [-0.39, 0.29) is 17.4 Å². The van der Waals surface area contributed by atoms with E-state index in [1.165, 1.54) is 31.0 Å². The van der Waals surface area contributed by atoms with Crippen LogP contribution < -0.4 is 5.32 Å². The van der Waals surface area contributed by atoms with E-state index in [9.17, 15) is 15.0 Å². The number of phenols is 2. The molecule has 0 spiro atoms. The Morgan fingerprint density at radius 2 is 1.90 bits per heavy atom. The van der Waals surface area contributed by atoms with Crippen LogP contribution >= 0.6 is 11.6 Å². The van der Waals surface area contributed by atoms with Gasteiger partial charge in [0, 0.05) is 18.0 Å². The van der Waals surface area contributed by atoms with Crippen molar-refractivity contribution in [2.45, 2.75) is 25.7 Å². The van der Waals surface area contributed by atoms with Crippen molar-refractivity contribution in [2.24, 2.45) is 11.8 Å². The summed E-state index contributed by atoms with van der Waals surface area (Å²) >= 11 is 5.97. The molecule has 1 aliphatic rings. The van der Waals surface area contributed by atoms with Crippen molar-refractivity contribution in [3.63, 3.8) is 0 Å². The van der Waals surface area contributed by atoms with E-state index in [0.717, 1.165) is 12.8 Å². The molecule has 4 nitrogen and oxygen atoms in total. The number of hydrogen-bond acceptors (Lipinski definition) is 3. The second-order valence-electron chi connectivity index (χ2n) is 5.37. The lowest BCUT2D eigenvalue weighted by atomic mass is 9.80. The second-order valence-corrected chi connectivity index (χ2v) is 5.68. The Hall–Kier alpha value is -1.42. The number of carbonyl (C=O) groups excluding carboxylic acids is 1. The molecule has 3 N–H and O–H groups in total. The molecule has 2 rings (SSSR count). The van der Waals surface area contributed by atoms with Crippen molar-refractivity contribution in [3.8, 4) is 11.5 Å². The quantitative estimate of drug-likeness (QED) is 0.591. The van der Waals surface area contributed by atoms with Gasteiger partial charge in [-0.2, -0.15) is 0 Å². The van der Waals surface area contributed by atoms with Crippen molar-refractivity contribution in [2.75, 3.05) is 12.4 Å². The van der Waals surface area contributed by atoms with Crippen molar-refractivity contribution in [1.29, 1.82) is 0 Å². The minimum absolute atomic E-state index is 0.226. The Morgan fingerprint density at radius 1 is 1.20 bits per heavy atom. The minimum atomic E-state index is -0.283. The van der Waals surface area contributed by atoms with Gasteiger partial charge in [0.15, 0.2) is 11.5 Å². The van der Waals surface area contributed by atoms with Gasteiger partial charge >= 0.3 is 0 Å². The fourth-order valence-corrected chi connectivity index (χ4v) is 3.15. The lowest BCUT2D eigenvalue weighted by molar-refractivity contribution is 0.0936. The highest BCUT2D eigenvalue weighted by atomic mass is 35.5. The number of benzene rings is 1. The smallest absolute Gasteiger partial charge is 0.251 e. The molecule has 1 aromatic carbocycles. The Kier molecular flexibility index (Phi) is 5.12. The van der Waals surface area contributed by atoms with E-state index in [1.807, 2.05) is 0 Å². The zero-order valence-electron chi connectivity index (χ0n) is 11.3. The maximum Gasteiger partial charge on any atom is 0.251 e. The molecule has 2 unspecified atom stereocenters. The largest absolute Gasteiger partial charge is 0.504 e. The Balaban J connectivity index is 1.92. The lowest BCUT2D eigenvalue weighted by Crippen LogP contribution is -2.34. The molecule has 0 aromatic heterocycles. The molecule has 110 valence electrons. The fraction of sp³-hybridized carbons (Fsp3) is 0.533. The SMILES string of the molecule is O=C(NCC1CCCCC1CCl)c1ccc(O)c(O)c1. The van der Waals surface area contributed by atoms with E-state index < -0.39 is 0 Å². The van der Waals surface area contributed by atoms with Crippen LogP contribution in [0.5, 0.6) is 11.5 Å². The van der Waals surface area contributed by atoms with Crippen LogP contribution in [0.15, 0.2) is 18.2 Å². The molecule has 1 aromatic rings. The van der Waals surface area contributed by atoms with Crippen LogP contribution in [0.3, 0.4) is 0 Å². The van der Waals surface area contributed by atoms with Crippen LogP contribution in [0.1, 0.15) is 36.0 Å². The standard InChI is InChI=1S/C15H20ClNO3/c16-8-11-3-1-2-4-12(11)9-17-15(20)10-5-6-13(18)14(19)7-10/h5-7,11-12,18-19H,1-4,8-9H2,(H,17,20). The molecular formula is C15H20ClNO3. The van der Waals surface area contributed by atoms with Crippen LogP contribution in [0, 0.1) is 11.8 Å². The van der Waals surface area contributed by atoms with E-state index in [1.54, 1.807) is 0 Å². The second kappa shape index (κ2) is 6.84. The number of halogens is 1. The Morgan fingerprint density at radius 3 is 2.55 bits per heavy atom. The van der Waals surface area contributed by atoms with E-state index in [2.05, 4.69) is 5.32 Å². The van der Waals surface area contributed by atoms with Gasteiger partial charge in [-0.15, -0.1) is 11.6 Å². The van der Waals surface area contributed by atoms with E-state index >= 15 is 0 Å². The monoisotopic (exact) mass is 297 g/mol. The van der Waals surface area contributed by atoms with Crippen molar-refractivity contribution < 1.29 is 15.0 Å². The first-order valence-electron chi connectivity index (χ1n) is 6.98. The zero-order chi connectivity index (χ0) is 14.5.